The summed E-state index contributed by atoms with van der Waals surface area (Å²) < 4.78 is 0. The van der Waals surface area contributed by atoms with Crippen LogP contribution in [0.25, 0.3) is 0 Å². The van der Waals surface area contributed by atoms with Crippen LogP contribution < -0.4 is 5.32 Å². The molecule has 16 heavy (non-hydrogen) atoms. The third-order valence-corrected chi connectivity index (χ3v) is 3.61. The van der Waals surface area contributed by atoms with E-state index in [9.17, 15) is 0 Å². The van der Waals surface area contributed by atoms with Gasteiger partial charge in [-0.25, -0.2) is 0 Å². The molecule has 0 aromatic carbocycles. The fraction of sp³-hybridized carbons (Fsp3) is 1.00. The summed E-state index contributed by atoms with van der Waals surface area (Å²) in [6, 6.07) is 0. The molecule has 2 nitrogen and oxygen atoms in total. The highest BCUT2D eigenvalue weighted by Gasteiger charge is 2.14. The Morgan fingerprint density at radius 2 is 1.88 bits per heavy atom. The first-order valence-electron chi connectivity index (χ1n) is 7.22. The quantitative estimate of drug-likeness (QED) is 0.640. The molecule has 0 atom stereocenters. The van der Waals surface area contributed by atoms with Crippen LogP contribution in [0.3, 0.4) is 0 Å². The second-order valence-electron chi connectivity index (χ2n) is 5.37. The topological polar surface area (TPSA) is 15.3 Å². The SMILES string of the molecule is CCCNCCCN(C)CC1CCCCC1. The van der Waals surface area contributed by atoms with E-state index in [0.29, 0.717) is 0 Å². The van der Waals surface area contributed by atoms with Crippen LogP contribution in [0.2, 0.25) is 0 Å². The molecule has 1 aliphatic rings. The van der Waals surface area contributed by atoms with Gasteiger partial charge in [0.2, 0.25) is 0 Å². The highest BCUT2D eigenvalue weighted by atomic mass is 15.1. The Balaban J connectivity index is 1.95. The lowest BCUT2D eigenvalue weighted by atomic mass is 9.89. The van der Waals surface area contributed by atoms with Gasteiger partial charge in [0.25, 0.3) is 0 Å². The van der Waals surface area contributed by atoms with E-state index in [1.807, 2.05) is 0 Å². The highest BCUT2D eigenvalue weighted by molar-refractivity contribution is 4.69. The number of hydrogen-bond donors (Lipinski definition) is 1. The maximum Gasteiger partial charge on any atom is 0.000661 e. The van der Waals surface area contributed by atoms with Crippen molar-refractivity contribution in [3.63, 3.8) is 0 Å². The van der Waals surface area contributed by atoms with Crippen molar-refractivity contribution in [1.82, 2.24) is 10.2 Å². The molecule has 0 aromatic rings. The van der Waals surface area contributed by atoms with Crippen LogP contribution in [0.15, 0.2) is 0 Å². The summed E-state index contributed by atoms with van der Waals surface area (Å²) in [7, 11) is 2.29. The van der Waals surface area contributed by atoms with Gasteiger partial charge >= 0.3 is 0 Å². The third kappa shape index (κ3) is 6.49. The predicted octanol–water partition coefficient (Wildman–Crippen LogP) is 2.89. The molecule has 0 saturated heterocycles. The fourth-order valence-corrected chi connectivity index (χ4v) is 2.68. The predicted molar refractivity (Wildman–Crippen MR) is 71.8 cm³/mol. The molecule has 0 unspecified atom stereocenters. The number of rotatable bonds is 8. The molecule has 1 N–H and O–H groups in total. The summed E-state index contributed by atoms with van der Waals surface area (Å²) in [4.78, 5) is 2.53. The highest BCUT2D eigenvalue weighted by Crippen LogP contribution is 2.23. The van der Waals surface area contributed by atoms with Crippen LogP contribution >= 0.6 is 0 Å². The van der Waals surface area contributed by atoms with Gasteiger partial charge in [-0.15, -0.1) is 0 Å². The van der Waals surface area contributed by atoms with Crippen molar-refractivity contribution in [3.05, 3.63) is 0 Å². The molecule has 0 spiro atoms. The Hall–Kier alpha value is -0.0800. The van der Waals surface area contributed by atoms with Gasteiger partial charge in [-0.2, -0.15) is 0 Å². The summed E-state index contributed by atoms with van der Waals surface area (Å²) in [5.74, 6) is 0.988. The van der Waals surface area contributed by atoms with E-state index < -0.39 is 0 Å². The lowest BCUT2D eigenvalue weighted by molar-refractivity contribution is 0.231. The number of nitrogens with one attached hydrogen (secondary N) is 1. The van der Waals surface area contributed by atoms with Crippen molar-refractivity contribution < 1.29 is 0 Å². The average Bonchev–Trinajstić information content (AvgIpc) is 2.30. The minimum absolute atomic E-state index is 0.988. The van der Waals surface area contributed by atoms with Gasteiger partial charge in [0, 0.05) is 6.54 Å². The first-order chi connectivity index (χ1) is 7.83. The Bertz CT molecular complexity index is 153. The number of hydrogen-bond acceptors (Lipinski definition) is 2. The van der Waals surface area contributed by atoms with Crippen LogP contribution in [0.5, 0.6) is 0 Å². The summed E-state index contributed by atoms with van der Waals surface area (Å²) in [5, 5.41) is 3.47. The van der Waals surface area contributed by atoms with E-state index in [2.05, 4.69) is 24.2 Å². The standard InChI is InChI=1S/C14H30N2/c1-3-10-15-11-7-12-16(2)13-14-8-5-4-6-9-14/h14-15H,3-13H2,1-2H3. The van der Waals surface area contributed by atoms with Crippen LogP contribution in [-0.2, 0) is 0 Å². The van der Waals surface area contributed by atoms with E-state index in [1.165, 1.54) is 71.1 Å². The van der Waals surface area contributed by atoms with Gasteiger partial charge in [-0.3, -0.25) is 0 Å². The largest absolute Gasteiger partial charge is 0.317 e. The smallest absolute Gasteiger partial charge is 0.000661 e. The lowest BCUT2D eigenvalue weighted by Crippen LogP contribution is -2.29. The van der Waals surface area contributed by atoms with Crippen LogP contribution in [-0.4, -0.2) is 38.1 Å². The van der Waals surface area contributed by atoms with Crippen molar-refractivity contribution in [3.8, 4) is 0 Å². The minimum atomic E-state index is 0.988. The summed E-state index contributed by atoms with van der Waals surface area (Å²) >= 11 is 0. The summed E-state index contributed by atoms with van der Waals surface area (Å²) in [5.41, 5.74) is 0. The van der Waals surface area contributed by atoms with E-state index in [4.69, 9.17) is 0 Å². The zero-order valence-electron chi connectivity index (χ0n) is 11.3. The van der Waals surface area contributed by atoms with Crippen molar-refractivity contribution >= 4 is 0 Å². The Labute approximate surface area is 102 Å². The fourth-order valence-electron chi connectivity index (χ4n) is 2.68. The van der Waals surface area contributed by atoms with Crippen molar-refractivity contribution in [2.24, 2.45) is 5.92 Å². The zero-order valence-corrected chi connectivity index (χ0v) is 11.3. The second-order valence-corrected chi connectivity index (χ2v) is 5.37. The average molecular weight is 226 g/mol. The normalized spacial score (nSPS) is 18.2. The first kappa shape index (κ1) is 14.0. The van der Waals surface area contributed by atoms with Gasteiger partial charge in [-0.05, 0) is 58.3 Å². The molecule has 1 rings (SSSR count). The molecule has 2 heteroatoms. The van der Waals surface area contributed by atoms with Gasteiger partial charge in [0.15, 0.2) is 0 Å². The Kier molecular flexibility index (Phi) is 7.87. The van der Waals surface area contributed by atoms with Crippen LogP contribution in [0.1, 0.15) is 51.9 Å². The zero-order chi connectivity index (χ0) is 11.6. The maximum atomic E-state index is 3.47. The van der Waals surface area contributed by atoms with E-state index >= 15 is 0 Å². The molecule has 1 fully saturated rings. The van der Waals surface area contributed by atoms with Gasteiger partial charge in [0.05, 0.1) is 0 Å². The van der Waals surface area contributed by atoms with E-state index in [-0.39, 0.29) is 0 Å². The maximum absolute atomic E-state index is 3.47. The Morgan fingerprint density at radius 1 is 1.12 bits per heavy atom. The molecular weight excluding hydrogens is 196 g/mol. The van der Waals surface area contributed by atoms with E-state index in [0.717, 1.165) is 5.92 Å². The molecule has 0 bridgehead atoms. The van der Waals surface area contributed by atoms with Crippen molar-refractivity contribution in [2.45, 2.75) is 51.9 Å². The van der Waals surface area contributed by atoms with Crippen molar-refractivity contribution in [1.29, 1.82) is 0 Å². The van der Waals surface area contributed by atoms with Gasteiger partial charge in [0.1, 0.15) is 0 Å². The van der Waals surface area contributed by atoms with Crippen molar-refractivity contribution in [2.75, 3.05) is 33.2 Å². The molecule has 0 radical (unpaired) electrons. The Morgan fingerprint density at radius 3 is 2.56 bits per heavy atom. The second kappa shape index (κ2) is 9.00. The first-order valence-corrected chi connectivity index (χ1v) is 7.22. The molecule has 0 aliphatic heterocycles. The van der Waals surface area contributed by atoms with Crippen LogP contribution in [0, 0.1) is 5.92 Å². The molecule has 96 valence electrons. The molecule has 1 aliphatic carbocycles. The summed E-state index contributed by atoms with van der Waals surface area (Å²) in [6.07, 6.45) is 9.90. The van der Waals surface area contributed by atoms with E-state index in [1.54, 1.807) is 0 Å². The number of nitrogens with zero attached hydrogens (tertiary/aromatic N) is 1. The third-order valence-electron chi connectivity index (χ3n) is 3.61. The van der Waals surface area contributed by atoms with Gasteiger partial charge < -0.3 is 10.2 Å². The van der Waals surface area contributed by atoms with Crippen LogP contribution in [0.4, 0.5) is 0 Å². The molecule has 0 heterocycles. The summed E-state index contributed by atoms with van der Waals surface area (Å²) in [6.45, 7) is 7.17. The lowest BCUT2D eigenvalue weighted by Gasteiger charge is -2.26. The molecule has 1 saturated carbocycles. The van der Waals surface area contributed by atoms with Gasteiger partial charge in [-0.1, -0.05) is 26.2 Å². The monoisotopic (exact) mass is 226 g/mol. The molecule has 0 aromatic heterocycles. The molecular formula is C14H30N2. The molecule has 0 amide bonds. The minimum Gasteiger partial charge on any atom is -0.317 e.